The lowest BCUT2D eigenvalue weighted by Gasteiger charge is -2.23. The summed E-state index contributed by atoms with van der Waals surface area (Å²) in [5.41, 5.74) is 5.59. The normalized spacial score (nSPS) is 13.1. The van der Waals surface area contributed by atoms with Crippen molar-refractivity contribution < 1.29 is 23.9 Å². The number of ketones is 4. The van der Waals surface area contributed by atoms with E-state index in [1.165, 1.54) is 0 Å². The van der Waals surface area contributed by atoms with Gasteiger partial charge in [0.2, 0.25) is 0 Å². The van der Waals surface area contributed by atoms with Crippen LogP contribution in [0.3, 0.4) is 0 Å². The summed E-state index contributed by atoms with van der Waals surface area (Å²) in [6.07, 6.45) is 0. The highest BCUT2D eigenvalue weighted by Crippen LogP contribution is 2.37. The molecule has 6 rings (SSSR count). The zero-order chi connectivity index (χ0) is 36.1. The number of rotatable bonds is 16. The summed E-state index contributed by atoms with van der Waals surface area (Å²) in [5.74, 6) is -0.740. The third-order valence-electron chi connectivity index (χ3n) is 9.02. The number of benzene rings is 4. The average molecular weight is 689 g/mol. The van der Waals surface area contributed by atoms with E-state index in [0.717, 1.165) is 13.1 Å². The predicted molar refractivity (Wildman–Crippen MR) is 201 cm³/mol. The Morgan fingerprint density at radius 2 is 0.706 bits per heavy atom. The Hall–Kier alpha value is -5.36. The molecule has 2 aliphatic carbocycles. The largest absolute Gasteiger partial charge is 0.383 e. The molecule has 0 aromatic heterocycles. The lowest BCUT2D eigenvalue weighted by molar-refractivity contribution is 0.0980. The third-order valence-corrected chi connectivity index (χ3v) is 9.02. The van der Waals surface area contributed by atoms with Gasteiger partial charge in [0.15, 0.2) is 23.1 Å². The molecular formula is C40H44N6O5. The van der Waals surface area contributed by atoms with Crippen LogP contribution in [0.15, 0.2) is 72.8 Å². The zero-order valence-electron chi connectivity index (χ0n) is 29.5. The van der Waals surface area contributed by atoms with Gasteiger partial charge in [0.25, 0.3) is 0 Å². The standard InChI is InChI=1S/C40H44N6O5/c1-45(2)21-17-41-29-13-5-9-25-33(29)37(47)27-11-7-15-31(35(27)39(25)49)43-19-23-51-24-20-44-32-16-8-12-28-36(32)40(50)26-10-6-14-30(34(26)38(28)48)42-18-22-46(3)4/h5-16,41-44H,17-24H2,1-4H3. The average Bonchev–Trinajstić information content (AvgIpc) is 3.11. The van der Waals surface area contributed by atoms with Gasteiger partial charge in [-0.1, -0.05) is 48.5 Å². The molecule has 11 nitrogen and oxygen atoms in total. The summed E-state index contributed by atoms with van der Waals surface area (Å²) in [6, 6.07) is 21.2. The lowest BCUT2D eigenvalue weighted by atomic mass is 9.82. The summed E-state index contributed by atoms with van der Waals surface area (Å²) in [6.45, 7) is 4.36. The van der Waals surface area contributed by atoms with Crippen molar-refractivity contribution in [3.8, 4) is 0 Å². The van der Waals surface area contributed by atoms with Crippen LogP contribution in [0.25, 0.3) is 0 Å². The van der Waals surface area contributed by atoms with E-state index in [1.54, 1.807) is 60.7 Å². The second-order valence-corrected chi connectivity index (χ2v) is 13.2. The van der Waals surface area contributed by atoms with E-state index in [-0.39, 0.29) is 23.1 Å². The number of fused-ring (bicyclic) bond motifs is 4. The molecule has 4 aromatic carbocycles. The van der Waals surface area contributed by atoms with Crippen LogP contribution >= 0.6 is 0 Å². The van der Waals surface area contributed by atoms with Gasteiger partial charge in [0.1, 0.15) is 0 Å². The molecule has 0 radical (unpaired) electrons. The second kappa shape index (κ2) is 15.7. The Kier molecular flexibility index (Phi) is 10.9. The fourth-order valence-electron chi connectivity index (χ4n) is 6.52. The van der Waals surface area contributed by atoms with Crippen LogP contribution in [0.4, 0.5) is 22.7 Å². The fourth-order valence-corrected chi connectivity index (χ4v) is 6.52. The molecular weight excluding hydrogens is 644 g/mol. The molecule has 264 valence electrons. The Morgan fingerprint density at radius 1 is 0.431 bits per heavy atom. The first-order valence-corrected chi connectivity index (χ1v) is 17.2. The smallest absolute Gasteiger partial charge is 0.196 e. The molecule has 0 unspecified atom stereocenters. The van der Waals surface area contributed by atoms with Gasteiger partial charge in [-0.2, -0.15) is 0 Å². The molecule has 51 heavy (non-hydrogen) atoms. The molecule has 0 heterocycles. The van der Waals surface area contributed by atoms with Crippen molar-refractivity contribution in [1.29, 1.82) is 0 Å². The number of nitrogens with zero attached hydrogens (tertiary/aromatic N) is 2. The maximum Gasteiger partial charge on any atom is 0.196 e. The van der Waals surface area contributed by atoms with Gasteiger partial charge >= 0.3 is 0 Å². The SMILES string of the molecule is CN(C)CCNc1cccc2c1C(=O)c1cccc(NCCOCCNc3cccc4c3C(=O)c3cccc(NCCN(C)C)c3C4=O)c1C2=O. The van der Waals surface area contributed by atoms with Crippen molar-refractivity contribution in [3.63, 3.8) is 0 Å². The van der Waals surface area contributed by atoms with Gasteiger partial charge in [-0.25, -0.2) is 0 Å². The summed E-state index contributed by atoms with van der Waals surface area (Å²) in [5, 5.41) is 13.2. The Morgan fingerprint density at radius 3 is 0.980 bits per heavy atom. The van der Waals surface area contributed by atoms with Crippen LogP contribution < -0.4 is 21.3 Å². The number of anilines is 4. The van der Waals surface area contributed by atoms with Crippen LogP contribution in [-0.2, 0) is 4.74 Å². The second-order valence-electron chi connectivity index (χ2n) is 13.2. The molecule has 11 heteroatoms. The molecule has 0 saturated heterocycles. The van der Waals surface area contributed by atoms with Crippen LogP contribution in [0.2, 0.25) is 0 Å². The van der Waals surface area contributed by atoms with Gasteiger partial charge in [-0.3, -0.25) is 19.2 Å². The summed E-state index contributed by atoms with van der Waals surface area (Å²) in [4.78, 5) is 58.8. The molecule has 0 spiro atoms. The van der Waals surface area contributed by atoms with Gasteiger partial charge in [0, 0.05) is 84.3 Å². The third kappa shape index (κ3) is 7.41. The monoisotopic (exact) mass is 688 g/mol. The first kappa shape index (κ1) is 35.5. The number of ether oxygens (including phenoxy) is 1. The minimum Gasteiger partial charge on any atom is -0.383 e. The zero-order valence-corrected chi connectivity index (χ0v) is 29.5. The molecule has 4 N–H and O–H groups in total. The quantitative estimate of drug-likeness (QED) is 0.105. The summed E-state index contributed by atoms with van der Waals surface area (Å²) >= 11 is 0. The van der Waals surface area contributed by atoms with E-state index in [9.17, 15) is 19.2 Å². The Labute approximate surface area is 298 Å². The fraction of sp³-hybridized carbons (Fsp3) is 0.300. The van der Waals surface area contributed by atoms with Crippen molar-refractivity contribution in [3.05, 3.63) is 117 Å². The van der Waals surface area contributed by atoms with Gasteiger partial charge < -0.3 is 35.8 Å². The van der Waals surface area contributed by atoms with E-state index in [4.69, 9.17) is 4.74 Å². The molecule has 4 aromatic rings. The summed E-state index contributed by atoms with van der Waals surface area (Å²) < 4.78 is 5.86. The summed E-state index contributed by atoms with van der Waals surface area (Å²) in [7, 11) is 7.92. The van der Waals surface area contributed by atoms with E-state index in [2.05, 4.69) is 21.3 Å². The van der Waals surface area contributed by atoms with Crippen LogP contribution in [0.5, 0.6) is 0 Å². The number of hydrogen-bond donors (Lipinski definition) is 4. The van der Waals surface area contributed by atoms with Gasteiger partial charge in [-0.15, -0.1) is 0 Å². The van der Waals surface area contributed by atoms with Crippen molar-refractivity contribution in [2.45, 2.75) is 0 Å². The van der Waals surface area contributed by atoms with Crippen molar-refractivity contribution in [2.24, 2.45) is 0 Å². The molecule has 0 amide bonds. The molecule has 2 aliphatic rings. The van der Waals surface area contributed by atoms with Gasteiger partial charge in [0.05, 0.1) is 35.5 Å². The van der Waals surface area contributed by atoms with E-state index >= 15 is 0 Å². The minimum absolute atomic E-state index is 0.178. The van der Waals surface area contributed by atoms with Crippen molar-refractivity contribution in [2.75, 3.05) is 102 Å². The molecule has 0 fully saturated rings. The number of carbonyl (C=O) groups excluding carboxylic acids is 4. The number of likely N-dealkylation sites (N-methyl/N-ethyl adjacent to an activating group) is 2. The van der Waals surface area contributed by atoms with Crippen LogP contribution in [0, 0.1) is 0 Å². The van der Waals surface area contributed by atoms with Crippen LogP contribution in [0.1, 0.15) is 63.7 Å². The van der Waals surface area contributed by atoms with Crippen molar-refractivity contribution in [1.82, 2.24) is 9.80 Å². The van der Waals surface area contributed by atoms with E-state index in [1.807, 2.05) is 50.1 Å². The molecule has 0 atom stereocenters. The minimum atomic E-state index is -0.192. The first-order valence-electron chi connectivity index (χ1n) is 17.2. The maximum absolute atomic E-state index is 13.7. The number of nitrogens with one attached hydrogen (secondary N) is 4. The Balaban J connectivity index is 1.04. The topological polar surface area (TPSA) is 132 Å². The Bertz CT molecular complexity index is 1850. The molecule has 0 bridgehead atoms. The van der Waals surface area contributed by atoms with Crippen molar-refractivity contribution >= 4 is 45.9 Å². The highest BCUT2D eigenvalue weighted by atomic mass is 16.5. The van der Waals surface area contributed by atoms with E-state index in [0.29, 0.717) is 107 Å². The maximum atomic E-state index is 13.7. The predicted octanol–water partition coefficient (Wildman–Crippen LogP) is 4.73. The highest BCUT2D eigenvalue weighted by Gasteiger charge is 2.34. The van der Waals surface area contributed by atoms with Gasteiger partial charge in [-0.05, 0) is 52.5 Å². The lowest BCUT2D eigenvalue weighted by Crippen LogP contribution is -2.26. The van der Waals surface area contributed by atoms with Crippen LogP contribution in [-0.4, -0.2) is 114 Å². The number of hydrogen-bond acceptors (Lipinski definition) is 11. The molecule has 0 saturated carbocycles. The number of carbonyl (C=O) groups is 4. The highest BCUT2D eigenvalue weighted by molar-refractivity contribution is 6.32. The first-order chi connectivity index (χ1) is 24.7. The van der Waals surface area contributed by atoms with E-state index < -0.39 is 0 Å². The molecule has 0 aliphatic heterocycles.